The molecular formula is C16H23N3O3. The van der Waals surface area contributed by atoms with Crippen LogP contribution < -0.4 is 10.6 Å². The molecule has 120 valence electrons. The van der Waals surface area contributed by atoms with E-state index < -0.39 is 5.54 Å². The number of nitrogens with one attached hydrogen (secondary N) is 2. The summed E-state index contributed by atoms with van der Waals surface area (Å²) in [5, 5.41) is 14.6. The number of hydrogen-bond acceptors (Lipinski definition) is 4. The highest BCUT2D eigenvalue weighted by Gasteiger charge is 2.22. The lowest BCUT2D eigenvalue weighted by Gasteiger charge is -2.23. The van der Waals surface area contributed by atoms with Crippen LogP contribution in [-0.2, 0) is 5.41 Å². The normalized spacial score (nSPS) is 12.5. The average Bonchev–Trinajstić information content (AvgIpc) is 2.81. The number of hydrogen-bond donors (Lipinski definition) is 3. The van der Waals surface area contributed by atoms with E-state index in [0.717, 1.165) is 0 Å². The van der Waals surface area contributed by atoms with E-state index in [2.05, 4.69) is 15.6 Å². The SMILES string of the molecule is CC(C)(CO)NC(=O)Nc1ccc2oc(C(C)(C)C)nc2c1. The number of nitrogens with zero attached hydrogens (tertiary/aromatic N) is 1. The maximum atomic E-state index is 11.9. The van der Waals surface area contributed by atoms with Crippen LogP contribution in [0.3, 0.4) is 0 Å². The summed E-state index contributed by atoms with van der Waals surface area (Å²) in [5.41, 5.74) is 1.15. The van der Waals surface area contributed by atoms with Crippen molar-refractivity contribution in [2.75, 3.05) is 11.9 Å². The van der Waals surface area contributed by atoms with E-state index in [4.69, 9.17) is 9.52 Å². The lowest BCUT2D eigenvalue weighted by atomic mass is 9.97. The van der Waals surface area contributed by atoms with Gasteiger partial charge in [0.05, 0.1) is 12.1 Å². The van der Waals surface area contributed by atoms with Gasteiger partial charge in [0.15, 0.2) is 5.58 Å². The van der Waals surface area contributed by atoms with Crippen LogP contribution in [0.4, 0.5) is 10.5 Å². The number of oxazole rings is 1. The largest absolute Gasteiger partial charge is 0.440 e. The van der Waals surface area contributed by atoms with Gasteiger partial charge < -0.3 is 20.2 Å². The minimum absolute atomic E-state index is 0.141. The van der Waals surface area contributed by atoms with Gasteiger partial charge >= 0.3 is 6.03 Å². The van der Waals surface area contributed by atoms with E-state index in [1.165, 1.54) is 0 Å². The molecule has 0 saturated carbocycles. The van der Waals surface area contributed by atoms with E-state index >= 15 is 0 Å². The summed E-state index contributed by atoms with van der Waals surface area (Å²) >= 11 is 0. The summed E-state index contributed by atoms with van der Waals surface area (Å²) in [4.78, 5) is 16.4. The Morgan fingerprint density at radius 2 is 1.95 bits per heavy atom. The van der Waals surface area contributed by atoms with Crippen molar-refractivity contribution in [3.63, 3.8) is 0 Å². The highest BCUT2D eigenvalue weighted by Crippen LogP contribution is 2.27. The molecule has 0 saturated heterocycles. The molecule has 1 aromatic carbocycles. The first-order chi connectivity index (χ1) is 10.1. The quantitative estimate of drug-likeness (QED) is 0.813. The Hall–Kier alpha value is -2.08. The number of carbonyl (C=O) groups is 1. The van der Waals surface area contributed by atoms with Crippen LogP contribution in [-0.4, -0.2) is 28.3 Å². The molecule has 0 aliphatic rings. The van der Waals surface area contributed by atoms with Gasteiger partial charge in [-0.25, -0.2) is 9.78 Å². The number of aliphatic hydroxyl groups excluding tert-OH is 1. The topological polar surface area (TPSA) is 87.4 Å². The van der Waals surface area contributed by atoms with E-state index in [1.807, 2.05) is 20.8 Å². The van der Waals surface area contributed by atoms with Gasteiger partial charge in [0, 0.05) is 11.1 Å². The number of benzene rings is 1. The number of aliphatic hydroxyl groups is 1. The first kappa shape index (κ1) is 16.3. The zero-order valence-corrected chi connectivity index (χ0v) is 13.7. The maximum Gasteiger partial charge on any atom is 0.319 e. The monoisotopic (exact) mass is 305 g/mol. The molecule has 22 heavy (non-hydrogen) atoms. The molecule has 0 radical (unpaired) electrons. The molecule has 6 nitrogen and oxygen atoms in total. The van der Waals surface area contributed by atoms with Crippen molar-refractivity contribution < 1.29 is 14.3 Å². The first-order valence-electron chi connectivity index (χ1n) is 7.22. The molecular weight excluding hydrogens is 282 g/mol. The Balaban J connectivity index is 2.18. The molecule has 0 bridgehead atoms. The van der Waals surface area contributed by atoms with Crippen molar-refractivity contribution in [3.8, 4) is 0 Å². The number of anilines is 1. The van der Waals surface area contributed by atoms with Gasteiger partial charge in [-0.3, -0.25) is 0 Å². The predicted octanol–water partition coefficient (Wildman–Crippen LogP) is 3.02. The van der Waals surface area contributed by atoms with Gasteiger partial charge in [-0.05, 0) is 32.0 Å². The standard InChI is InChI=1S/C16H23N3O3/c1-15(2,3)13-18-11-8-10(6-7-12(11)22-13)17-14(21)19-16(4,5)9-20/h6-8,20H,9H2,1-5H3,(H2,17,19,21). The van der Waals surface area contributed by atoms with Crippen LogP contribution in [0.1, 0.15) is 40.5 Å². The second kappa shape index (κ2) is 5.61. The molecule has 0 unspecified atom stereocenters. The van der Waals surface area contributed by atoms with Crippen LogP contribution >= 0.6 is 0 Å². The van der Waals surface area contributed by atoms with Gasteiger partial charge in [-0.1, -0.05) is 20.8 Å². The minimum Gasteiger partial charge on any atom is -0.440 e. The Kier molecular flexibility index (Phi) is 4.15. The van der Waals surface area contributed by atoms with E-state index in [9.17, 15) is 4.79 Å². The summed E-state index contributed by atoms with van der Waals surface area (Å²) in [6.45, 7) is 9.42. The number of urea groups is 1. The molecule has 2 amide bonds. The second-order valence-electron chi connectivity index (χ2n) is 7.07. The number of carbonyl (C=O) groups excluding carboxylic acids is 1. The van der Waals surface area contributed by atoms with Crippen LogP contribution in [0.15, 0.2) is 22.6 Å². The van der Waals surface area contributed by atoms with E-state index in [0.29, 0.717) is 22.7 Å². The van der Waals surface area contributed by atoms with Crippen molar-refractivity contribution in [1.29, 1.82) is 0 Å². The number of aromatic nitrogens is 1. The van der Waals surface area contributed by atoms with Gasteiger partial charge in [-0.15, -0.1) is 0 Å². The first-order valence-corrected chi connectivity index (χ1v) is 7.22. The van der Waals surface area contributed by atoms with Crippen molar-refractivity contribution in [3.05, 3.63) is 24.1 Å². The highest BCUT2D eigenvalue weighted by atomic mass is 16.3. The molecule has 2 aromatic rings. The fourth-order valence-corrected chi connectivity index (χ4v) is 1.84. The Morgan fingerprint density at radius 1 is 1.27 bits per heavy atom. The van der Waals surface area contributed by atoms with Crippen LogP contribution in [0.25, 0.3) is 11.1 Å². The fraction of sp³-hybridized carbons (Fsp3) is 0.500. The fourth-order valence-electron chi connectivity index (χ4n) is 1.84. The Labute approximate surface area is 129 Å². The van der Waals surface area contributed by atoms with Crippen LogP contribution in [0, 0.1) is 0 Å². The zero-order chi connectivity index (χ0) is 16.5. The Bertz CT molecular complexity index is 683. The average molecular weight is 305 g/mol. The summed E-state index contributed by atoms with van der Waals surface area (Å²) in [6, 6.07) is 4.92. The third-order valence-corrected chi connectivity index (χ3v) is 3.13. The highest BCUT2D eigenvalue weighted by molar-refractivity contribution is 5.92. The lowest BCUT2D eigenvalue weighted by molar-refractivity contribution is 0.187. The third-order valence-electron chi connectivity index (χ3n) is 3.13. The van der Waals surface area contributed by atoms with Crippen LogP contribution in [0.2, 0.25) is 0 Å². The summed E-state index contributed by atoms with van der Waals surface area (Å²) < 4.78 is 5.72. The van der Waals surface area contributed by atoms with Crippen molar-refractivity contribution >= 4 is 22.8 Å². The number of amides is 2. The van der Waals surface area contributed by atoms with E-state index in [-0.39, 0.29) is 18.1 Å². The minimum atomic E-state index is -0.679. The summed E-state index contributed by atoms with van der Waals surface area (Å²) in [6.07, 6.45) is 0. The summed E-state index contributed by atoms with van der Waals surface area (Å²) in [7, 11) is 0. The second-order valence-corrected chi connectivity index (χ2v) is 7.07. The van der Waals surface area contributed by atoms with Crippen molar-refractivity contribution in [1.82, 2.24) is 10.3 Å². The van der Waals surface area contributed by atoms with Gasteiger partial charge in [0.25, 0.3) is 0 Å². The number of fused-ring (bicyclic) bond motifs is 1. The molecule has 0 aliphatic carbocycles. The predicted molar refractivity (Wildman–Crippen MR) is 86.0 cm³/mol. The Morgan fingerprint density at radius 3 is 2.55 bits per heavy atom. The molecule has 0 aliphatic heterocycles. The smallest absolute Gasteiger partial charge is 0.319 e. The molecule has 1 aromatic heterocycles. The lowest BCUT2D eigenvalue weighted by Crippen LogP contribution is -2.48. The van der Waals surface area contributed by atoms with Gasteiger partial charge in [0.1, 0.15) is 5.52 Å². The summed E-state index contributed by atoms with van der Waals surface area (Å²) in [5.74, 6) is 0.658. The van der Waals surface area contributed by atoms with Gasteiger partial charge in [0.2, 0.25) is 5.89 Å². The molecule has 0 fully saturated rings. The van der Waals surface area contributed by atoms with Crippen LogP contribution in [0.5, 0.6) is 0 Å². The molecule has 0 atom stereocenters. The van der Waals surface area contributed by atoms with Crippen molar-refractivity contribution in [2.24, 2.45) is 0 Å². The third kappa shape index (κ3) is 3.76. The van der Waals surface area contributed by atoms with Crippen molar-refractivity contribution in [2.45, 2.75) is 45.6 Å². The zero-order valence-electron chi connectivity index (χ0n) is 13.7. The van der Waals surface area contributed by atoms with Gasteiger partial charge in [-0.2, -0.15) is 0 Å². The van der Waals surface area contributed by atoms with E-state index in [1.54, 1.807) is 32.0 Å². The maximum absolute atomic E-state index is 11.9. The molecule has 6 heteroatoms. The molecule has 0 spiro atoms. The molecule has 2 rings (SSSR count). The number of rotatable bonds is 3. The molecule has 1 heterocycles. The molecule has 3 N–H and O–H groups in total.